The standard InChI is InChI=1S/C24H16ClF2N2/c25-20-13-17(26)9-10-18(20)23(15-6-7-15)22(14-4-2-1-3-5-14)16-8-11-21-19(12-16)24(27)29-28-21/h1-4,8-13,15H,6-7H2,(H,28,29)/b23-22+. The van der Waals surface area contributed by atoms with E-state index in [2.05, 4.69) is 16.3 Å². The zero-order valence-corrected chi connectivity index (χ0v) is 16.1. The smallest absolute Gasteiger partial charge is 0.240 e. The molecule has 0 aliphatic heterocycles. The molecule has 0 spiro atoms. The van der Waals surface area contributed by atoms with Crippen molar-refractivity contribution in [2.24, 2.45) is 5.92 Å². The number of nitrogens with zero attached hydrogens (tertiary/aromatic N) is 1. The Hall–Kier alpha value is -2.98. The van der Waals surface area contributed by atoms with Crippen LogP contribution in [0.15, 0.2) is 60.7 Å². The number of allylic oxidation sites excluding steroid dienone is 1. The van der Waals surface area contributed by atoms with E-state index in [1.54, 1.807) is 12.1 Å². The van der Waals surface area contributed by atoms with Crippen molar-refractivity contribution in [1.29, 1.82) is 0 Å². The number of benzene rings is 3. The Morgan fingerprint density at radius 1 is 1.07 bits per heavy atom. The largest absolute Gasteiger partial charge is 0.275 e. The van der Waals surface area contributed by atoms with Gasteiger partial charge in [-0.1, -0.05) is 48.0 Å². The second-order valence-electron chi connectivity index (χ2n) is 7.24. The van der Waals surface area contributed by atoms with Gasteiger partial charge in [-0.25, -0.2) is 4.39 Å². The number of hydrogen-bond donors (Lipinski definition) is 1. The third-order valence-electron chi connectivity index (χ3n) is 5.26. The summed E-state index contributed by atoms with van der Waals surface area (Å²) in [4.78, 5) is 0. The lowest BCUT2D eigenvalue weighted by Gasteiger charge is -2.18. The van der Waals surface area contributed by atoms with Crippen LogP contribution in [0.5, 0.6) is 0 Å². The van der Waals surface area contributed by atoms with Crippen molar-refractivity contribution in [2.45, 2.75) is 12.8 Å². The van der Waals surface area contributed by atoms with E-state index in [0.717, 1.165) is 40.7 Å². The quantitative estimate of drug-likeness (QED) is 0.378. The van der Waals surface area contributed by atoms with Gasteiger partial charge in [-0.2, -0.15) is 4.39 Å². The van der Waals surface area contributed by atoms with Gasteiger partial charge in [0.1, 0.15) is 5.82 Å². The lowest BCUT2D eigenvalue weighted by atomic mass is 9.86. The number of hydrogen-bond acceptors (Lipinski definition) is 1. The summed E-state index contributed by atoms with van der Waals surface area (Å²) in [6.07, 6.45) is 2.06. The van der Waals surface area contributed by atoms with Crippen molar-refractivity contribution in [2.75, 3.05) is 0 Å². The molecule has 5 rings (SSSR count). The van der Waals surface area contributed by atoms with Gasteiger partial charge >= 0.3 is 0 Å². The molecule has 1 aliphatic carbocycles. The molecule has 0 bridgehead atoms. The molecule has 0 unspecified atom stereocenters. The van der Waals surface area contributed by atoms with E-state index < -0.39 is 5.95 Å². The number of aromatic amines is 1. The van der Waals surface area contributed by atoms with Crippen molar-refractivity contribution in [1.82, 2.24) is 10.2 Å². The molecule has 1 aliphatic rings. The summed E-state index contributed by atoms with van der Waals surface area (Å²) in [7, 11) is 0. The van der Waals surface area contributed by atoms with Gasteiger partial charge in [0.25, 0.3) is 0 Å². The maximum Gasteiger partial charge on any atom is 0.240 e. The summed E-state index contributed by atoms with van der Waals surface area (Å²) in [5.74, 6) is -0.596. The van der Waals surface area contributed by atoms with Gasteiger partial charge in [0, 0.05) is 0 Å². The summed E-state index contributed by atoms with van der Waals surface area (Å²) in [5, 5.41) is 7.16. The van der Waals surface area contributed by atoms with Crippen LogP contribution in [-0.2, 0) is 0 Å². The molecular weight excluding hydrogens is 390 g/mol. The number of fused-ring (bicyclic) bond motifs is 1. The lowest BCUT2D eigenvalue weighted by Crippen LogP contribution is -1.99. The first-order valence-electron chi connectivity index (χ1n) is 9.42. The Kier molecular flexibility index (Phi) is 4.44. The van der Waals surface area contributed by atoms with Crippen molar-refractivity contribution in [3.05, 3.63) is 100 Å². The summed E-state index contributed by atoms with van der Waals surface area (Å²) >= 11 is 6.46. The van der Waals surface area contributed by atoms with Crippen molar-refractivity contribution in [3.63, 3.8) is 0 Å². The fourth-order valence-corrected chi connectivity index (χ4v) is 4.05. The summed E-state index contributed by atoms with van der Waals surface area (Å²) < 4.78 is 27.9. The number of H-pyrrole nitrogens is 1. The normalized spacial score (nSPS) is 14.9. The SMILES string of the molecule is Fc1ccc(/C(=C(\c2[c]cccc2)c2ccc3[nH]nc(F)c3c2)C2CC2)c(Cl)c1. The molecule has 2 nitrogen and oxygen atoms in total. The van der Waals surface area contributed by atoms with Crippen molar-refractivity contribution < 1.29 is 8.78 Å². The minimum absolute atomic E-state index is 0.312. The van der Waals surface area contributed by atoms with Gasteiger partial charge in [0.15, 0.2) is 0 Å². The zero-order valence-electron chi connectivity index (χ0n) is 15.3. The highest BCUT2D eigenvalue weighted by Crippen LogP contribution is 2.49. The molecule has 1 fully saturated rings. The maximum absolute atomic E-state index is 14.2. The molecule has 4 aromatic rings. The maximum atomic E-state index is 14.2. The van der Waals surface area contributed by atoms with Gasteiger partial charge in [0.05, 0.1) is 15.9 Å². The third-order valence-corrected chi connectivity index (χ3v) is 5.57. The van der Waals surface area contributed by atoms with Gasteiger partial charge in [0.2, 0.25) is 5.95 Å². The summed E-state index contributed by atoms with van der Waals surface area (Å²) in [6, 6.07) is 21.0. The number of aromatic nitrogens is 2. The molecule has 0 saturated heterocycles. The summed E-state index contributed by atoms with van der Waals surface area (Å²) in [6.45, 7) is 0. The molecule has 3 aromatic carbocycles. The molecule has 29 heavy (non-hydrogen) atoms. The number of rotatable bonds is 4. The van der Waals surface area contributed by atoms with Gasteiger partial charge in [-0.15, -0.1) is 5.10 Å². The average Bonchev–Trinajstić information content (AvgIpc) is 3.50. The Morgan fingerprint density at radius 3 is 2.66 bits per heavy atom. The summed E-state index contributed by atoms with van der Waals surface area (Å²) in [5.41, 5.74) is 5.15. The molecule has 1 N–H and O–H groups in total. The fourth-order valence-electron chi connectivity index (χ4n) is 3.78. The van der Waals surface area contributed by atoms with E-state index in [4.69, 9.17) is 11.6 Å². The molecule has 1 saturated carbocycles. The predicted octanol–water partition coefficient (Wildman–Crippen LogP) is 6.66. The highest BCUT2D eigenvalue weighted by molar-refractivity contribution is 6.32. The fraction of sp³-hybridized carbons (Fsp3) is 0.125. The Bertz CT molecular complexity index is 1240. The molecular formula is C24H16ClF2N2. The molecule has 1 aromatic heterocycles. The van der Waals surface area contributed by atoms with Crippen LogP contribution >= 0.6 is 11.6 Å². The average molecular weight is 406 g/mol. The minimum Gasteiger partial charge on any atom is -0.275 e. The zero-order chi connectivity index (χ0) is 20.0. The van der Waals surface area contributed by atoms with Crippen LogP contribution in [0, 0.1) is 23.7 Å². The Labute approximate surface area is 171 Å². The van der Waals surface area contributed by atoms with Gasteiger partial charge < -0.3 is 0 Å². The van der Waals surface area contributed by atoms with Gasteiger partial charge in [-0.3, -0.25) is 5.10 Å². The highest BCUT2D eigenvalue weighted by Gasteiger charge is 2.32. The molecule has 5 heteroatoms. The first-order chi connectivity index (χ1) is 14.1. The van der Waals surface area contributed by atoms with Gasteiger partial charge in [-0.05, 0) is 76.9 Å². The van der Waals surface area contributed by atoms with Crippen molar-refractivity contribution >= 4 is 33.7 Å². The topological polar surface area (TPSA) is 28.7 Å². The molecule has 1 radical (unpaired) electrons. The van der Waals surface area contributed by atoms with Crippen LogP contribution in [0.2, 0.25) is 5.02 Å². The van der Waals surface area contributed by atoms with Crippen LogP contribution in [-0.4, -0.2) is 10.2 Å². The minimum atomic E-state index is -0.536. The van der Waals surface area contributed by atoms with E-state index in [-0.39, 0.29) is 5.82 Å². The van der Waals surface area contributed by atoms with Crippen LogP contribution in [0.3, 0.4) is 0 Å². The first kappa shape index (κ1) is 18.1. The lowest BCUT2D eigenvalue weighted by molar-refractivity contribution is 0.588. The molecule has 1 heterocycles. The van der Waals surface area contributed by atoms with E-state index in [9.17, 15) is 8.78 Å². The predicted molar refractivity (Wildman–Crippen MR) is 111 cm³/mol. The number of nitrogens with one attached hydrogen (secondary N) is 1. The van der Waals surface area contributed by atoms with Crippen LogP contribution in [0.4, 0.5) is 8.78 Å². The van der Waals surface area contributed by atoms with E-state index in [0.29, 0.717) is 21.8 Å². The van der Waals surface area contributed by atoms with E-state index >= 15 is 0 Å². The molecule has 143 valence electrons. The van der Waals surface area contributed by atoms with Crippen LogP contribution in [0.1, 0.15) is 29.5 Å². The Balaban J connectivity index is 1.83. The first-order valence-corrected chi connectivity index (χ1v) is 9.80. The second-order valence-corrected chi connectivity index (χ2v) is 7.65. The third kappa shape index (κ3) is 3.34. The van der Waals surface area contributed by atoms with Crippen LogP contribution < -0.4 is 0 Å². The van der Waals surface area contributed by atoms with E-state index in [1.165, 1.54) is 12.1 Å². The number of halogens is 3. The van der Waals surface area contributed by atoms with E-state index in [1.807, 2.05) is 36.4 Å². The monoisotopic (exact) mass is 405 g/mol. The van der Waals surface area contributed by atoms with Crippen molar-refractivity contribution in [3.8, 4) is 0 Å². The second kappa shape index (κ2) is 7.12. The highest BCUT2D eigenvalue weighted by atomic mass is 35.5. The van der Waals surface area contributed by atoms with Crippen LogP contribution in [0.25, 0.3) is 22.0 Å². The molecule has 0 atom stereocenters. The Morgan fingerprint density at radius 2 is 1.93 bits per heavy atom. The molecule has 0 amide bonds.